The van der Waals surface area contributed by atoms with Crippen LogP contribution in [0.4, 0.5) is 8.78 Å². The maximum atomic E-state index is 13.2. The van der Waals surface area contributed by atoms with Gasteiger partial charge in [0.25, 0.3) is 5.92 Å². The number of nitrogens with one attached hydrogen (secondary N) is 1. The number of hydrogen-bond acceptors (Lipinski definition) is 1. The molecule has 1 aromatic rings. The molecule has 90 valence electrons. The van der Waals surface area contributed by atoms with Crippen molar-refractivity contribution in [2.24, 2.45) is 0 Å². The molecule has 0 amide bonds. The van der Waals surface area contributed by atoms with Crippen LogP contribution < -0.4 is 5.32 Å². The minimum absolute atomic E-state index is 0. The zero-order chi connectivity index (χ0) is 10.9. The van der Waals surface area contributed by atoms with E-state index >= 15 is 0 Å². The number of halogens is 4. The maximum Gasteiger partial charge on any atom is 0.251 e. The first-order chi connectivity index (χ1) is 7.07. The van der Waals surface area contributed by atoms with Crippen LogP contribution in [0, 0.1) is 0 Å². The second-order valence-corrected chi connectivity index (χ2v) is 4.31. The molecule has 0 bridgehead atoms. The summed E-state index contributed by atoms with van der Waals surface area (Å²) < 4.78 is 26.3. The summed E-state index contributed by atoms with van der Waals surface area (Å²) in [5.41, 5.74) is 0.835. The van der Waals surface area contributed by atoms with Gasteiger partial charge in [0.05, 0.1) is 0 Å². The summed E-state index contributed by atoms with van der Waals surface area (Å²) in [7, 11) is 0. The topological polar surface area (TPSA) is 12.0 Å². The second kappa shape index (κ2) is 5.30. The maximum absolute atomic E-state index is 13.2. The van der Waals surface area contributed by atoms with Crippen molar-refractivity contribution in [2.75, 3.05) is 6.54 Å². The third kappa shape index (κ3) is 3.30. The Hall–Kier alpha value is -0.380. The van der Waals surface area contributed by atoms with Crippen molar-refractivity contribution in [1.82, 2.24) is 5.32 Å². The van der Waals surface area contributed by atoms with E-state index in [2.05, 4.69) is 5.32 Å². The second-order valence-electron chi connectivity index (χ2n) is 3.87. The lowest BCUT2D eigenvalue weighted by Gasteiger charge is -2.30. The highest BCUT2D eigenvalue weighted by atomic mass is 35.5. The van der Waals surface area contributed by atoms with Gasteiger partial charge in [-0.15, -0.1) is 12.4 Å². The standard InChI is InChI=1S/C11H12ClF2N.ClH/c12-9-3-1-2-8(6-9)10-7-11(13,14)4-5-15-10;/h1-3,6,10,15H,4-5,7H2;1H. The van der Waals surface area contributed by atoms with Crippen LogP contribution in [0.15, 0.2) is 24.3 Å². The molecule has 5 heteroatoms. The summed E-state index contributed by atoms with van der Waals surface area (Å²) in [6.07, 6.45) is -0.225. The minimum Gasteiger partial charge on any atom is -0.310 e. The van der Waals surface area contributed by atoms with Gasteiger partial charge in [0.15, 0.2) is 0 Å². The Morgan fingerprint density at radius 2 is 2.12 bits per heavy atom. The predicted octanol–water partition coefficient (Wildman–Crippen LogP) is 3.82. The molecule has 2 rings (SSSR count). The molecule has 1 nitrogen and oxygen atoms in total. The van der Waals surface area contributed by atoms with Crippen molar-refractivity contribution in [3.8, 4) is 0 Å². The molecule has 0 saturated carbocycles. The monoisotopic (exact) mass is 267 g/mol. The molecule has 1 aliphatic heterocycles. The van der Waals surface area contributed by atoms with E-state index in [-0.39, 0.29) is 31.3 Å². The zero-order valence-corrected chi connectivity index (χ0v) is 10.1. The van der Waals surface area contributed by atoms with Gasteiger partial charge in [-0.3, -0.25) is 0 Å². The van der Waals surface area contributed by atoms with Crippen LogP contribution >= 0.6 is 24.0 Å². The van der Waals surface area contributed by atoms with E-state index < -0.39 is 5.92 Å². The highest BCUT2D eigenvalue weighted by molar-refractivity contribution is 6.30. The van der Waals surface area contributed by atoms with Crippen molar-refractivity contribution in [2.45, 2.75) is 24.8 Å². The summed E-state index contributed by atoms with van der Waals surface area (Å²) in [5.74, 6) is -2.56. The van der Waals surface area contributed by atoms with Gasteiger partial charge in [-0.25, -0.2) is 8.78 Å². The fourth-order valence-corrected chi connectivity index (χ4v) is 2.06. The molecule has 1 aromatic carbocycles. The molecule has 1 aliphatic rings. The van der Waals surface area contributed by atoms with E-state index in [0.717, 1.165) is 5.56 Å². The Kier molecular flexibility index (Phi) is 4.53. The summed E-state index contributed by atoms with van der Waals surface area (Å²) in [6, 6.07) is 6.80. The quantitative estimate of drug-likeness (QED) is 0.816. The molecule has 1 N–H and O–H groups in total. The minimum atomic E-state index is -2.56. The summed E-state index contributed by atoms with van der Waals surface area (Å²) in [4.78, 5) is 0. The van der Waals surface area contributed by atoms with Gasteiger partial charge in [-0.1, -0.05) is 23.7 Å². The average molecular weight is 268 g/mol. The van der Waals surface area contributed by atoms with E-state index in [1.807, 2.05) is 6.07 Å². The van der Waals surface area contributed by atoms with Gasteiger partial charge in [-0.2, -0.15) is 0 Å². The third-order valence-corrected chi connectivity index (χ3v) is 2.87. The van der Waals surface area contributed by atoms with Gasteiger partial charge in [0, 0.05) is 30.5 Å². The smallest absolute Gasteiger partial charge is 0.251 e. The highest BCUT2D eigenvalue weighted by Crippen LogP contribution is 2.34. The summed E-state index contributed by atoms with van der Waals surface area (Å²) >= 11 is 5.82. The Labute approximate surface area is 105 Å². The van der Waals surface area contributed by atoms with Gasteiger partial charge < -0.3 is 5.32 Å². The zero-order valence-electron chi connectivity index (χ0n) is 8.55. The van der Waals surface area contributed by atoms with Gasteiger partial charge in [-0.05, 0) is 17.7 Å². The highest BCUT2D eigenvalue weighted by Gasteiger charge is 2.36. The van der Waals surface area contributed by atoms with Gasteiger partial charge >= 0.3 is 0 Å². The van der Waals surface area contributed by atoms with Crippen LogP contribution in [0.3, 0.4) is 0 Å². The first-order valence-corrected chi connectivity index (χ1v) is 5.31. The van der Waals surface area contributed by atoms with Crippen LogP contribution in [0.1, 0.15) is 24.4 Å². The van der Waals surface area contributed by atoms with Crippen LogP contribution in [0.5, 0.6) is 0 Å². The normalized spacial score (nSPS) is 23.6. The van der Waals surface area contributed by atoms with Crippen molar-refractivity contribution in [3.05, 3.63) is 34.9 Å². The van der Waals surface area contributed by atoms with Gasteiger partial charge in [0.2, 0.25) is 0 Å². The molecule has 1 atom stereocenters. The summed E-state index contributed by atoms with van der Waals surface area (Å²) in [5, 5.41) is 3.67. The van der Waals surface area contributed by atoms with Crippen molar-refractivity contribution in [1.29, 1.82) is 0 Å². The first kappa shape index (κ1) is 13.7. The van der Waals surface area contributed by atoms with Gasteiger partial charge in [0.1, 0.15) is 0 Å². The molecule has 0 spiro atoms. The third-order valence-electron chi connectivity index (χ3n) is 2.64. The molecule has 16 heavy (non-hydrogen) atoms. The van der Waals surface area contributed by atoms with E-state index in [4.69, 9.17) is 11.6 Å². The largest absolute Gasteiger partial charge is 0.310 e. The number of rotatable bonds is 1. The first-order valence-electron chi connectivity index (χ1n) is 4.93. The van der Waals surface area contributed by atoms with E-state index in [0.29, 0.717) is 11.6 Å². The van der Waals surface area contributed by atoms with Crippen LogP contribution in [-0.2, 0) is 0 Å². The fourth-order valence-electron chi connectivity index (χ4n) is 1.86. The molecule has 1 heterocycles. The molecule has 0 aromatic heterocycles. The Bertz CT molecular complexity index is 358. The lowest BCUT2D eigenvalue weighted by atomic mass is 9.95. The molecular weight excluding hydrogens is 255 g/mol. The Morgan fingerprint density at radius 1 is 1.38 bits per heavy atom. The molecule has 1 unspecified atom stereocenters. The molecule has 0 aliphatic carbocycles. The Balaban J connectivity index is 0.00000128. The predicted molar refractivity (Wildman–Crippen MR) is 63.6 cm³/mol. The summed E-state index contributed by atoms with van der Waals surface area (Å²) in [6.45, 7) is 0.351. The molecule has 1 saturated heterocycles. The van der Waals surface area contributed by atoms with Crippen molar-refractivity contribution < 1.29 is 8.78 Å². The number of piperidine rings is 1. The van der Waals surface area contributed by atoms with E-state index in [1.165, 1.54) is 0 Å². The number of hydrogen-bond donors (Lipinski definition) is 1. The fraction of sp³-hybridized carbons (Fsp3) is 0.455. The number of benzene rings is 1. The van der Waals surface area contributed by atoms with Crippen LogP contribution in [0.25, 0.3) is 0 Å². The molecular formula is C11H13Cl2F2N. The SMILES string of the molecule is Cl.FC1(F)CCNC(c2cccc(Cl)c2)C1. The molecule has 1 fully saturated rings. The average Bonchev–Trinajstić information content (AvgIpc) is 2.16. The van der Waals surface area contributed by atoms with Crippen LogP contribution in [-0.4, -0.2) is 12.5 Å². The lowest BCUT2D eigenvalue weighted by molar-refractivity contribution is -0.0415. The molecule has 0 radical (unpaired) electrons. The van der Waals surface area contributed by atoms with Crippen molar-refractivity contribution in [3.63, 3.8) is 0 Å². The van der Waals surface area contributed by atoms with E-state index in [1.54, 1.807) is 18.2 Å². The number of alkyl halides is 2. The van der Waals surface area contributed by atoms with Crippen LogP contribution in [0.2, 0.25) is 5.02 Å². The van der Waals surface area contributed by atoms with Crippen molar-refractivity contribution >= 4 is 24.0 Å². The lowest BCUT2D eigenvalue weighted by Crippen LogP contribution is -2.38. The Morgan fingerprint density at radius 3 is 2.75 bits per heavy atom. The van der Waals surface area contributed by atoms with E-state index in [9.17, 15) is 8.78 Å².